The number of hydrogen-bond acceptors (Lipinski definition) is 3. The van der Waals surface area contributed by atoms with Gasteiger partial charge >= 0.3 is 0 Å². The molecule has 3 aliphatic rings. The SMILES string of the molecule is O=C(CCCCCN1C(=O)[C@@H]2[C@H]3C[C@H]([C@H](Br)[C@@H]3Br)[C@@H]2C1=O)Nc1ccc(Cl)cc1Cl. The molecule has 1 aliphatic heterocycles. The van der Waals surface area contributed by atoms with Crippen molar-refractivity contribution in [2.45, 2.75) is 41.8 Å². The van der Waals surface area contributed by atoms with Crippen molar-refractivity contribution in [2.75, 3.05) is 11.9 Å². The standard InChI is InChI=1S/C21H22Br2Cl2N2O3/c22-18-11-9-12(19(18)23)17-16(11)20(29)27(21(17)30)7-3-1-2-4-15(28)26-14-6-5-10(24)8-13(14)25/h5-6,8,11-12,16-19H,1-4,7,9H2,(H,26,28)/t11-,12+,16-,17+,18-,19+. The predicted molar refractivity (Wildman–Crippen MR) is 124 cm³/mol. The second-order valence-corrected chi connectivity index (χ2v) is 11.3. The van der Waals surface area contributed by atoms with Crippen molar-refractivity contribution in [1.29, 1.82) is 0 Å². The molecule has 0 spiro atoms. The third-order valence-corrected chi connectivity index (χ3v) is 10.3. The van der Waals surface area contributed by atoms with Gasteiger partial charge in [0.25, 0.3) is 0 Å². The first kappa shape index (κ1) is 22.6. The van der Waals surface area contributed by atoms with Crippen LogP contribution < -0.4 is 5.32 Å². The summed E-state index contributed by atoms with van der Waals surface area (Å²) in [6, 6.07) is 4.93. The number of amides is 3. The number of likely N-dealkylation sites (tertiary alicyclic amines) is 1. The van der Waals surface area contributed by atoms with E-state index in [9.17, 15) is 14.4 Å². The molecule has 5 nitrogen and oxygen atoms in total. The van der Waals surface area contributed by atoms with E-state index in [2.05, 4.69) is 37.2 Å². The zero-order valence-electron chi connectivity index (χ0n) is 16.1. The molecule has 1 N–H and O–H groups in total. The smallest absolute Gasteiger partial charge is 0.233 e. The quantitative estimate of drug-likeness (QED) is 0.271. The number of halogens is 4. The van der Waals surface area contributed by atoms with Crippen molar-refractivity contribution in [3.63, 3.8) is 0 Å². The van der Waals surface area contributed by atoms with Gasteiger partial charge in [-0.2, -0.15) is 0 Å². The maximum Gasteiger partial charge on any atom is 0.233 e. The minimum Gasteiger partial charge on any atom is -0.325 e. The highest BCUT2D eigenvalue weighted by molar-refractivity contribution is 9.12. The van der Waals surface area contributed by atoms with Gasteiger partial charge in [-0.1, -0.05) is 61.5 Å². The van der Waals surface area contributed by atoms with Crippen LogP contribution in [0.1, 0.15) is 32.1 Å². The summed E-state index contributed by atoms with van der Waals surface area (Å²) in [6.07, 6.45) is 3.45. The van der Waals surface area contributed by atoms with Gasteiger partial charge in [0.05, 0.1) is 22.5 Å². The molecule has 4 rings (SSSR count). The van der Waals surface area contributed by atoms with Gasteiger partial charge in [-0.05, 0) is 49.3 Å². The molecule has 3 amide bonds. The van der Waals surface area contributed by atoms with E-state index in [0.29, 0.717) is 41.5 Å². The fraction of sp³-hybridized carbons (Fsp3) is 0.571. The van der Waals surface area contributed by atoms with Crippen LogP contribution in [0.2, 0.25) is 10.0 Å². The number of anilines is 1. The van der Waals surface area contributed by atoms with Gasteiger partial charge in [0.15, 0.2) is 0 Å². The van der Waals surface area contributed by atoms with Crippen LogP contribution in [-0.2, 0) is 14.4 Å². The largest absolute Gasteiger partial charge is 0.325 e. The monoisotopic (exact) mass is 578 g/mol. The first-order valence-corrected chi connectivity index (χ1v) is 12.8. The van der Waals surface area contributed by atoms with E-state index in [1.165, 1.54) is 4.90 Å². The van der Waals surface area contributed by atoms with Crippen molar-refractivity contribution in [2.24, 2.45) is 23.7 Å². The Kier molecular flexibility index (Phi) is 6.83. The molecule has 30 heavy (non-hydrogen) atoms. The van der Waals surface area contributed by atoms with Gasteiger partial charge in [0.2, 0.25) is 17.7 Å². The molecule has 9 heteroatoms. The lowest BCUT2D eigenvalue weighted by atomic mass is 9.81. The lowest BCUT2D eigenvalue weighted by molar-refractivity contribution is -0.140. The second kappa shape index (κ2) is 9.08. The van der Waals surface area contributed by atoms with Crippen LogP contribution in [0.3, 0.4) is 0 Å². The fourth-order valence-electron chi connectivity index (χ4n) is 5.17. The van der Waals surface area contributed by atoms with Crippen molar-refractivity contribution in [3.05, 3.63) is 28.2 Å². The maximum absolute atomic E-state index is 12.9. The Morgan fingerprint density at radius 3 is 2.27 bits per heavy atom. The Labute approximate surface area is 202 Å². The third-order valence-electron chi connectivity index (χ3n) is 6.57. The molecule has 1 aromatic carbocycles. The van der Waals surface area contributed by atoms with E-state index in [-0.39, 0.29) is 51.0 Å². The van der Waals surface area contributed by atoms with Crippen LogP contribution in [-0.4, -0.2) is 38.8 Å². The van der Waals surface area contributed by atoms with Crippen LogP contribution in [0.4, 0.5) is 5.69 Å². The van der Waals surface area contributed by atoms with Gasteiger partial charge in [0, 0.05) is 27.6 Å². The zero-order chi connectivity index (χ0) is 21.6. The number of carbonyl (C=O) groups excluding carboxylic acids is 3. The minimum absolute atomic E-state index is 0.00327. The van der Waals surface area contributed by atoms with E-state index < -0.39 is 0 Å². The van der Waals surface area contributed by atoms with Crippen molar-refractivity contribution < 1.29 is 14.4 Å². The molecule has 0 unspecified atom stereocenters. The average Bonchev–Trinajstić information content (AvgIpc) is 3.30. The molecule has 1 saturated heterocycles. The number of fused-ring (bicyclic) bond motifs is 5. The topological polar surface area (TPSA) is 66.5 Å². The Balaban J connectivity index is 1.21. The molecule has 3 fully saturated rings. The number of rotatable bonds is 7. The molecule has 2 bridgehead atoms. The zero-order valence-corrected chi connectivity index (χ0v) is 20.8. The summed E-state index contributed by atoms with van der Waals surface area (Å²) in [5, 5.41) is 3.69. The number of benzene rings is 1. The Hall–Kier alpha value is -0.630. The highest BCUT2D eigenvalue weighted by atomic mass is 79.9. The molecule has 2 aliphatic carbocycles. The van der Waals surface area contributed by atoms with Gasteiger partial charge in [-0.25, -0.2) is 0 Å². The van der Waals surface area contributed by atoms with Crippen LogP contribution >= 0.6 is 55.1 Å². The van der Waals surface area contributed by atoms with Crippen LogP contribution in [0.5, 0.6) is 0 Å². The molecular formula is C21H22Br2Cl2N2O3. The first-order valence-electron chi connectivity index (χ1n) is 10.2. The van der Waals surface area contributed by atoms with Gasteiger partial charge in [-0.15, -0.1) is 0 Å². The number of hydrogen-bond donors (Lipinski definition) is 1. The summed E-state index contributed by atoms with van der Waals surface area (Å²) in [6.45, 7) is 0.439. The second-order valence-electron chi connectivity index (χ2n) is 8.31. The summed E-state index contributed by atoms with van der Waals surface area (Å²) >= 11 is 19.3. The lowest BCUT2D eigenvalue weighted by Gasteiger charge is -2.28. The van der Waals surface area contributed by atoms with E-state index in [1.54, 1.807) is 18.2 Å². The number of carbonyl (C=O) groups is 3. The number of unbranched alkanes of at least 4 members (excludes halogenated alkanes) is 2. The normalized spacial score (nSPS) is 32.1. The Morgan fingerprint density at radius 1 is 1.03 bits per heavy atom. The number of nitrogens with zero attached hydrogens (tertiary/aromatic N) is 1. The van der Waals surface area contributed by atoms with Crippen molar-refractivity contribution >= 4 is 78.5 Å². The van der Waals surface area contributed by atoms with E-state index >= 15 is 0 Å². The number of nitrogens with one attached hydrogen (secondary N) is 1. The molecule has 0 radical (unpaired) electrons. The summed E-state index contributed by atoms with van der Waals surface area (Å²) in [7, 11) is 0. The van der Waals surface area contributed by atoms with E-state index in [0.717, 1.165) is 12.8 Å². The number of imide groups is 1. The third kappa shape index (κ3) is 4.07. The summed E-state index contributed by atoms with van der Waals surface area (Å²) in [5.74, 6) is 0.0490. The van der Waals surface area contributed by atoms with Gasteiger partial charge < -0.3 is 5.32 Å². The van der Waals surface area contributed by atoms with Crippen LogP contribution in [0.25, 0.3) is 0 Å². The van der Waals surface area contributed by atoms with Gasteiger partial charge in [0.1, 0.15) is 0 Å². The molecule has 0 aromatic heterocycles. The Bertz CT molecular complexity index is 852. The Morgan fingerprint density at radius 2 is 1.67 bits per heavy atom. The van der Waals surface area contributed by atoms with Crippen LogP contribution in [0.15, 0.2) is 18.2 Å². The summed E-state index contributed by atoms with van der Waals surface area (Å²) in [5.41, 5.74) is 0.538. The molecule has 2 saturated carbocycles. The number of alkyl halides is 2. The summed E-state index contributed by atoms with van der Waals surface area (Å²) < 4.78 is 0. The maximum atomic E-state index is 12.9. The molecule has 1 heterocycles. The van der Waals surface area contributed by atoms with Crippen molar-refractivity contribution in [3.8, 4) is 0 Å². The molecule has 6 atom stereocenters. The van der Waals surface area contributed by atoms with E-state index in [4.69, 9.17) is 23.2 Å². The first-order chi connectivity index (χ1) is 14.3. The van der Waals surface area contributed by atoms with Crippen molar-refractivity contribution in [1.82, 2.24) is 4.90 Å². The minimum atomic E-state index is -0.157. The van der Waals surface area contributed by atoms with Crippen LogP contribution in [0, 0.1) is 23.7 Å². The highest BCUT2D eigenvalue weighted by Crippen LogP contribution is 2.60. The van der Waals surface area contributed by atoms with Gasteiger partial charge in [-0.3, -0.25) is 19.3 Å². The van der Waals surface area contributed by atoms with E-state index in [1.807, 2.05) is 0 Å². The molecular weight excluding hydrogens is 559 g/mol. The predicted octanol–water partition coefficient (Wildman–Crippen LogP) is 5.27. The molecule has 162 valence electrons. The highest BCUT2D eigenvalue weighted by Gasteiger charge is 2.66. The average molecular weight is 581 g/mol. The summed E-state index contributed by atoms with van der Waals surface area (Å²) in [4.78, 5) is 39.8. The fourth-order valence-corrected chi connectivity index (χ4v) is 7.50. The lowest BCUT2D eigenvalue weighted by Crippen LogP contribution is -2.37. The molecule has 1 aromatic rings.